The summed E-state index contributed by atoms with van der Waals surface area (Å²) < 4.78 is 34.0. The summed E-state index contributed by atoms with van der Waals surface area (Å²) >= 11 is 0. The fourth-order valence-corrected chi connectivity index (χ4v) is 13.5. The molecule has 0 aromatic rings. The number of rotatable bonds is 68. The summed E-state index contributed by atoms with van der Waals surface area (Å²) in [5.41, 5.74) is 0. The summed E-state index contributed by atoms with van der Waals surface area (Å²) in [4.78, 5) is 36.2. The van der Waals surface area contributed by atoms with Crippen molar-refractivity contribution in [2.45, 2.75) is 442 Å². The van der Waals surface area contributed by atoms with E-state index in [4.69, 9.17) is 18.5 Å². The molecule has 0 amide bonds. The zero-order chi connectivity index (χ0) is 63.4. The van der Waals surface area contributed by atoms with Gasteiger partial charge in [0.25, 0.3) is 0 Å². The van der Waals surface area contributed by atoms with Crippen molar-refractivity contribution in [3.8, 4) is 0 Å². The first-order valence-electron chi connectivity index (χ1n) is 37.8. The second-order valence-electron chi connectivity index (χ2n) is 26.9. The molecule has 0 heterocycles. The van der Waals surface area contributed by atoms with Crippen LogP contribution in [0, 0.1) is 0 Å². The van der Waals surface area contributed by atoms with Gasteiger partial charge in [-0.1, -0.05) is 373 Å². The lowest BCUT2D eigenvalue weighted by Crippen LogP contribution is -2.64. The van der Waals surface area contributed by atoms with Crippen LogP contribution >= 0.6 is 7.82 Å². The van der Waals surface area contributed by atoms with Gasteiger partial charge in [-0.25, -0.2) is 4.57 Å². The molecule has 0 bridgehead atoms. The van der Waals surface area contributed by atoms with Crippen LogP contribution in [0.4, 0.5) is 0 Å². The van der Waals surface area contributed by atoms with E-state index < -0.39 is 75.7 Å². The summed E-state index contributed by atoms with van der Waals surface area (Å²) in [6, 6.07) is 0. The highest BCUT2D eigenvalue weighted by molar-refractivity contribution is 7.47. The molecule has 0 spiro atoms. The molecule has 518 valence electrons. The number of unbranched alkanes of at least 4 members (excludes halogenated alkanes) is 56. The number of ether oxygens (including phenoxy) is 2. The summed E-state index contributed by atoms with van der Waals surface area (Å²) in [6.45, 7) is 3.42. The second kappa shape index (κ2) is 62.3. The van der Waals surface area contributed by atoms with Gasteiger partial charge < -0.3 is 39.9 Å². The van der Waals surface area contributed by atoms with Gasteiger partial charge in [0.05, 0.1) is 6.61 Å². The Bertz CT molecular complexity index is 1510. The monoisotopic (exact) mass is 1260 g/mol. The minimum Gasteiger partial charge on any atom is -0.462 e. The minimum absolute atomic E-state index is 0.107. The molecule has 0 aliphatic heterocycles. The van der Waals surface area contributed by atoms with Crippen molar-refractivity contribution in [2.75, 3.05) is 13.2 Å². The van der Waals surface area contributed by atoms with Crippen molar-refractivity contribution in [1.82, 2.24) is 0 Å². The van der Waals surface area contributed by atoms with Gasteiger partial charge in [-0.2, -0.15) is 0 Å². The molecule has 6 unspecified atom stereocenters. The molecule has 0 radical (unpaired) electrons. The Morgan fingerprint density at radius 2 is 0.517 bits per heavy atom. The maximum atomic E-state index is 13.0. The van der Waals surface area contributed by atoms with E-state index in [9.17, 15) is 44.6 Å². The summed E-state index contributed by atoms with van der Waals surface area (Å²) in [7, 11) is -5.13. The predicted molar refractivity (Wildman–Crippen MR) is 360 cm³/mol. The molecule has 8 atom stereocenters. The fourth-order valence-electron chi connectivity index (χ4n) is 12.5. The topological polar surface area (TPSA) is 210 Å². The Balaban J connectivity index is 2.17. The molecule has 0 saturated heterocycles. The van der Waals surface area contributed by atoms with Crippen LogP contribution in [0.5, 0.6) is 0 Å². The first-order valence-corrected chi connectivity index (χ1v) is 39.3. The Kier molecular flexibility index (Phi) is 60.1. The molecule has 1 fully saturated rings. The van der Waals surface area contributed by atoms with E-state index in [0.717, 1.165) is 38.5 Å². The lowest BCUT2D eigenvalue weighted by Gasteiger charge is -2.41. The molecular formula is C73H143O13P. The third kappa shape index (κ3) is 53.0. The molecule has 0 aromatic heterocycles. The smallest absolute Gasteiger partial charge is 0.462 e. The van der Waals surface area contributed by atoms with Crippen molar-refractivity contribution < 1.29 is 63.1 Å². The van der Waals surface area contributed by atoms with Gasteiger partial charge in [-0.3, -0.25) is 18.6 Å². The lowest BCUT2D eigenvalue weighted by atomic mass is 9.85. The number of aliphatic hydroxyl groups excluding tert-OH is 5. The van der Waals surface area contributed by atoms with Gasteiger partial charge in [-0.05, 0) is 12.8 Å². The quantitative estimate of drug-likeness (QED) is 0.0190. The number of carbonyl (C=O) groups excluding carboxylic acids is 2. The summed E-state index contributed by atoms with van der Waals surface area (Å²) in [5, 5.41) is 50.7. The molecule has 13 nitrogen and oxygen atoms in total. The Hall–Kier alpha value is -1.15. The minimum atomic E-state index is -5.13. The highest BCUT2D eigenvalue weighted by atomic mass is 31.2. The van der Waals surface area contributed by atoms with Crippen LogP contribution in [-0.4, -0.2) is 98.3 Å². The van der Waals surface area contributed by atoms with Gasteiger partial charge in [0, 0.05) is 12.8 Å². The van der Waals surface area contributed by atoms with Crippen molar-refractivity contribution in [3.63, 3.8) is 0 Å². The number of esters is 2. The number of carbonyl (C=O) groups is 2. The molecule has 14 heteroatoms. The van der Waals surface area contributed by atoms with Crippen LogP contribution < -0.4 is 0 Å². The third-order valence-electron chi connectivity index (χ3n) is 18.4. The van der Waals surface area contributed by atoms with Crippen LogP contribution in [0.1, 0.15) is 399 Å². The molecule has 1 rings (SSSR count). The predicted octanol–water partition coefficient (Wildman–Crippen LogP) is 20.2. The number of aliphatic hydroxyl groups is 5. The number of hydrogen-bond acceptors (Lipinski definition) is 12. The van der Waals surface area contributed by atoms with E-state index in [1.165, 1.54) is 321 Å². The van der Waals surface area contributed by atoms with Crippen LogP contribution in [0.15, 0.2) is 0 Å². The summed E-state index contributed by atoms with van der Waals surface area (Å²) in [5.74, 6) is -1.07. The molecule has 1 saturated carbocycles. The van der Waals surface area contributed by atoms with Gasteiger partial charge >= 0.3 is 19.8 Å². The maximum absolute atomic E-state index is 13.0. The van der Waals surface area contributed by atoms with E-state index in [2.05, 4.69) is 13.8 Å². The zero-order valence-electron chi connectivity index (χ0n) is 56.9. The normalized spacial score (nSPS) is 18.9. The Labute approximate surface area is 535 Å². The average Bonchev–Trinajstić information content (AvgIpc) is 1.79. The van der Waals surface area contributed by atoms with Crippen LogP contribution in [0.2, 0.25) is 0 Å². The number of hydrogen-bond donors (Lipinski definition) is 6. The van der Waals surface area contributed by atoms with Crippen LogP contribution in [-0.2, 0) is 32.7 Å². The summed E-state index contributed by atoms with van der Waals surface area (Å²) in [6.07, 6.45) is 63.4. The van der Waals surface area contributed by atoms with Crippen molar-refractivity contribution in [1.29, 1.82) is 0 Å². The highest BCUT2D eigenvalue weighted by Gasteiger charge is 2.51. The first-order chi connectivity index (χ1) is 42.4. The van der Waals surface area contributed by atoms with Crippen molar-refractivity contribution >= 4 is 19.8 Å². The molecule has 87 heavy (non-hydrogen) atoms. The van der Waals surface area contributed by atoms with Crippen LogP contribution in [0.3, 0.4) is 0 Å². The van der Waals surface area contributed by atoms with E-state index >= 15 is 0 Å². The maximum Gasteiger partial charge on any atom is 0.472 e. The van der Waals surface area contributed by atoms with Crippen LogP contribution in [0.25, 0.3) is 0 Å². The molecular weight excluding hydrogens is 1120 g/mol. The highest BCUT2D eigenvalue weighted by Crippen LogP contribution is 2.47. The fraction of sp³-hybridized carbons (Fsp3) is 0.973. The molecule has 0 aromatic carbocycles. The van der Waals surface area contributed by atoms with Gasteiger partial charge in [-0.15, -0.1) is 0 Å². The molecule has 1 aliphatic carbocycles. The first kappa shape index (κ1) is 83.9. The number of phosphoric acid groups is 1. The lowest BCUT2D eigenvalue weighted by molar-refractivity contribution is -0.220. The second-order valence-corrected chi connectivity index (χ2v) is 28.3. The average molecular weight is 1260 g/mol. The third-order valence-corrected chi connectivity index (χ3v) is 19.4. The zero-order valence-corrected chi connectivity index (χ0v) is 57.8. The largest absolute Gasteiger partial charge is 0.472 e. The van der Waals surface area contributed by atoms with E-state index in [0.29, 0.717) is 12.8 Å². The van der Waals surface area contributed by atoms with E-state index in [1.54, 1.807) is 0 Å². The number of phosphoric ester groups is 1. The van der Waals surface area contributed by atoms with Gasteiger partial charge in [0.1, 0.15) is 43.2 Å². The van der Waals surface area contributed by atoms with Crippen molar-refractivity contribution in [2.24, 2.45) is 0 Å². The van der Waals surface area contributed by atoms with Gasteiger partial charge in [0.15, 0.2) is 6.10 Å². The molecule has 1 aliphatic rings. The van der Waals surface area contributed by atoms with E-state index in [-0.39, 0.29) is 12.8 Å². The SMILES string of the molecule is CCCCCCCCCCCCCCCCCCCCCCCCCCCCCCCC(=O)OC[C@H](COP(=O)(O)OC1C(O)C(O)C(O)[C@@H](O)C1O)OC(=O)CCCCCCCCCCCCCCCCCCCCCCCCCCCCCCC. The standard InChI is InChI=1S/C73H143O13P/c1-3-5-7-9-11-13-15-17-19-21-23-25-27-29-31-33-35-37-39-41-43-45-47-49-51-53-55-57-59-61-66(74)83-63-65(64-84-87(81,82)86-73-71(79)69(77)68(76)70(78)72(73)80)85-67(75)62-60-58-56-54-52-50-48-46-44-42-40-38-36-34-32-30-28-26-24-22-20-18-16-14-12-10-8-6-4-2/h65,68-73,76-80H,3-64H2,1-2H3,(H,81,82)/t65-,68?,69-,70?,71?,72?,73?/m1/s1. The van der Waals surface area contributed by atoms with Gasteiger partial charge in [0.2, 0.25) is 0 Å². The Morgan fingerprint density at radius 1 is 0.310 bits per heavy atom. The Morgan fingerprint density at radius 3 is 0.759 bits per heavy atom. The van der Waals surface area contributed by atoms with Crippen molar-refractivity contribution in [3.05, 3.63) is 0 Å². The molecule has 6 N–H and O–H groups in total. The van der Waals surface area contributed by atoms with E-state index in [1.807, 2.05) is 0 Å².